The largest absolute Gasteiger partial charge is 0.300 e. The third-order valence-corrected chi connectivity index (χ3v) is 3.23. The average Bonchev–Trinajstić information content (AvgIpc) is 2.38. The first-order valence-corrected chi connectivity index (χ1v) is 6.38. The minimum Gasteiger partial charge on any atom is -0.300 e. The summed E-state index contributed by atoms with van der Waals surface area (Å²) in [6.45, 7) is 1.62. The molecule has 0 spiro atoms. The molecule has 2 rings (SSSR count). The Bertz CT molecular complexity index is 543. The van der Waals surface area contributed by atoms with Crippen LogP contribution in [0.4, 0.5) is 0 Å². The standard InChI is InChI=1S/C16H15ClO/c1-12(18)6-7-13-8-10-14(11-9-13)15-4-2-3-5-16(15)17/h2-5,8-11H,6-7H2,1H3. The summed E-state index contributed by atoms with van der Waals surface area (Å²) in [5, 5.41) is 0.758. The zero-order valence-electron chi connectivity index (χ0n) is 10.3. The monoisotopic (exact) mass is 258 g/mol. The molecule has 0 atom stereocenters. The number of hydrogen-bond acceptors (Lipinski definition) is 1. The topological polar surface area (TPSA) is 17.1 Å². The lowest BCUT2D eigenvalue weighted by Crippen LogP contribution is -1.93. The molecule has 2 aromatic rings. The molecule has 92 valence electrons. The molecule has 18 heavy (non-hydrogen) atoms. The van der Waals surface area contributed by atoms with E-state index in [1.54, 1.807) is 6.92 Å². The zero-order valence-corrected chi connectivity index (χ0v) is 11.1. The number of rotatable bonds is 4. The maximum atomic E-state index is 10.9. The van der Waals surface area contributed by atoms with Gasteiger partial charge in [0.15, 0.2) is 0 Å². The Balaban J connectivity index is 2.17. The lowest BCUT2D eigenvalue weighted by molar-refractivity contribution is -0.116. The van der Waals surface area contributed by atoms with Gasteiger partial charge in [-0.2, -0.15) is 0 Å². The smallest absolute Gasteiger partial charge is 0.130 e. The van der Waals surface area contributed by atoms with E-state index < -0.39 is 0 Å². The highest BCUT2D eigenvalue weighted by molar-refractivity contribution is 6.33. The zero-order chi connectivity index (χ0) is 13.0. The van der Waals surface area contributed by atoms with E-state index in [1.807, 2.05) is 24.3 Å². The van der Waals surface area contributed by atoms with E-state index in [0.717, 1.165) is 22.6 Å². The molecule has 0 heterocycles. The van der Waals surface area contributed by atoms with E-state index in [-0.39, 0.29) is 5.78 Å². The van der Waals surface area contributed by atoms with Crippen molar-refractivity contribution in [1.82, 2.24) is 0 Å². The van der Waals surface area contributed by atoms with Crippen molar-refractivity contribution in [3.63, 3.8) is 0 Å². The van der Waals surface area contributed by atoms with Gasteiger partial charge in [-0.15, -0.1) is 0 Å². The molecule has 1 nitrogen and oxygen atoms in total. The van der Waals surface area contributed by atoms with Gasteiger partial charge in [-0.3, -0.25) is 0 Å². The Labute approximate surface area is 112 Å². The third-order valence-electron chi connectivity index (χ3n) is 2.90. The highest BCUT2D eigenvalue weighted by atomic mass is 35.5. The van der Waals surface area contributed by atoms with Gasteiger partial charge in [0, 0.05) is 17.0 Å². The minimum atomic E-state index is 0.227. The maximum Gasteiger partial charge on any atom is 0.130 e. The van der Waals surface area contributed by atoms with Crippen molar-refractivity contribution in [2.75, 3.05) is 0 Å². The molecule has 0 aromatic heterocycles. The lowest BCUT2D eigenvalue weighted by atomic mass is 10.0. The molecule has 2 aromatic carbocycles. The van der Waals surface area contributed by atoms with Gasteiger partial charge in [-0.1, -0.05) is 54.1 Å². The van der Waals surface area contributed by atoms with Gasteiger partial charge in [-0.25, -0.2) is 0 Å². The summed E-state index contributed by atoms with van der Waals surface area (Å²) in [5.41, 5.74) is 3.32. The quantitative estimate of drug-likeness (QED) is 0.788. The lowest BCUT2D eigenvalue weighted by Gasteiger charge is -2.05. The van der Waals surface area contributed by atoms with Crippen LogP contribution in [0.3, 0.4) is 0 Å². The second-order valence-corrected chi connectivity index (χ2v) is 4.79. The van der Waals surface area contributed by atoms with Crippen LogP contribution in [-0.2, 0) is 11.2 Å². The Morgan fingerprint density at radius 1 is 1.06 bits per heavy atom. The first-order valence-electron chi connectivity index (χ1n) is 6.00. The van der Waals surface area contributed by atoms with Crippen molar-refractivity contribution in [3.8, 4) is 11.1 Å². The molecule has 0 amide bonds. The van der Waals surface area contributed by atoms with Crippen molar-refractivity contribution < 1.29 is 4.79 Å². The molecule has 0 saturated heterocycles. The number of Topliss-reactive ketones (excluding diaryl/α,β-unsaturated/α-hetero) is 1. The molecule has 0 N–H and O–H groups in total. The summed E-state index contributed by atoms with van der Waals surface area (Å²) in [6, 6.07) is 16.0. The average molecular weight is 259 g/mol. The van der Waals surface area contributed by atoms with Crippen LogP contribution < -0.4 is 0 Å². The molecule has 0 aliphatic heterocycles. The summed E-state index contributed by atoms with van der Waals surface area (Å²) in [5.74, 6) is 0.227. The Morgan fingerprint density at radius 3 is 2.33 bits per heavy atom. The van der Waals surface area contributed by atoms with E-state index in [0.29, 0.717) is 6.42 Å². The van der Waals surface area contributed by atoms with Crippen LogP contribution in [0.5, 0.6) is 0 Å². The van der Waals surface area contributed by atoms with Crippen LogP contribution >= 0.6 is 11.6 Å². The van der Waals surface area contributed by atoms with Crippen molar-refractivity contribution in [3.05, 3.63) is 59.1 Å². The Morgan fingerprint density at radius 2 is 1.72 bits per heavy atom. The molecule has 0 saturated carbocycles. The minimum absolute atomic E-state index is 0.227. The molecular weight excluding hydrogens is 244 g/mol. The van der Waals surface area contributed by atoms with Crippen molar-refractivity contribution >= 4 is 17.4 Å². The molecule has 0 aliphatic carbocycles. The van der Waals surface area contributed by atoms with E-state index in [9.17, 15) is 4.79 Å². The van der Waals surface area contributed by atoms with Gasteiger partial charge in [0.1, 0.15) is 5.78 Å². The fraction of sp³-hybridized carbons (Fsp3) is 0.188. The van der Waals surface area contributed by atoms with Crippen LogP contribution in [0, 0.1) is 0 Å². The van der Waals surface area contributed by atoms with Gasteiger partial charge in [-0.05, 0) is 30.5 Å². The number of carbonyl (C=O) groups excluding carboxylic acids is 1. The van der Waals surface area contributed by atoms with Gasteiger partial charge >= 0.3 is 0 Å². The van der Waals surface area contributed by atoms with E-state index >= 15 is 0 Å². The van der Waals surface area contributed by atoms with Gasteiger partial charge < -0.3 is 4.79 Å². The first-order chi connectivity index (χ1) is 8.66. The van der Waals surface area contributed by atoms with Crippen LogP contribution in [0.25, 0.3) is 11.1 Å². The third kappa shape index (κ3) is 3.21. The van der Waals surface area contributed by atoms with Gasteiger partial charge in [0.05, 0.1) is 0 Å². The van der Waals surface area contributed by atoms with E-state index in [4.69, 9.17) is 11.6 Å². The summed E-state index contributed by atoms with van der Waals surface area (Å²) in [4.78, 5) is 10.9. The molecular formula is C16H15ClO. The van der Waals surface area contributed by atoms with Crippen LogP contribution in [-0.4, -0.2) is 5.78 Å². The van der Waals surface area contributed by atoms with Crippen LogP contribution in [0.15, 0.2) is 48.5 Å². The molecule has 0 unspecified atom stereocenters. The fourth-order valence-electron chi connectivity index (χ4n) is 1.87. The SMILES string of the molecule is CC(=O)CCc1ccc(-c2ccccc2Cl)cc1. The Kier molecular flexibility index (Phi) is 4.16. The number of hydrogen-bond donors (Lipinski definition) is 0. The second-order valence-electron chi connectivity index (χ2n) is 4.38. The number of halogens is 1. The van der Waals surface area contributed by atoms with E-state index in [1.165, 1.54) is 5.56 Å². The molecule has 0 fully saturated rings. The normalized spacial score (nSPS) is 10.3. The second kappa shape index (κ2) is 5.83. The van der Waals surface area contributed by atoms with Crippen LogP contribution in [0.2, 0.25) is 5.02 Å². The summed E-state index contributed by atoms with van der Waals surface area (Å²) in [7, 11) is 0. The van der Waals surface area contributed by atoms with E-state index in [2.05, 4.69) is 24.3 Å². The van der Waals surface area contributed by atoms with Crippen molar-refractivity contribution in [1.29, 1.82) is 0 Å². The highest BCUT2D eigenvalue weighted by Crippen LogP contribution is 2.27. The molecule has 2 heteroatoms. The number of benzene rings is 2. The predicted octanol–water partition coefficient (Wildman–Crippen LogP) is 4.53. The van der Waals surface area contributed by atoms with Crippen molar-refractivity contribution in [2.24, 2.45) is 0 Å². The summed E-state index contributed by atoms with van der Waals surface area (Å²) >= 11 is 6.16. The summed E-state index contributed by atoms with van der Waals surface area (Å²) in [6.07, 6.45) is 1.41. The molecule has 0 radical (unpaired) electrons. The number of carbonyl (C=O) groups is 1. The predicted molar refractivity (Wildman–Crippen MR) is 75.9 cm³/mol. The van der Waals surface area contributed by atoms with Crippen LogP contribution in [0.1, 0.15) is 18.9 Å². The molecule has 0 bridgehead atoms. The number of aryl methyl sites for hydroxylation is 1. The van der Waals surface area contributed by atoms with Gasteiger partial charge in [0.2, 0.25) is 0 Å². The summed E-state index contributed by atoms with van der Waals surface area (Å²) < 4.78 is 0. The fourth-order valence-corrected chi connectivity index (χ4v) is 2.11. The van der Waals surface area contributed by atoms with Gasteiger partial charge in [0.25, 0.3) is 0 Å². The first kappa shape index (κ1) is 12.8. The highest BCUT2D eigenvalue weighted by Gasteiger charge is 2.02. The van der Waals surface area contributed by atoms with Crippen molar-refractivity contribution in [2.45, 2.75) is 19.8 Å². The maximum absolute atomic E-state index is 10.9. The Hall–Kier alpha value is -1.60. The number of ketones is 1. The molecule has 0 aliphatic rings.